The van der Waals surface area contributed by atoms with E-state index in [0.29, 0.717) is 19.6 Å². The molecule has 8 nitrogen and oxygen atoms in total. The first-order chi connectivity index (χ1) is 14.4. The number of anilines is 1. The van der Waals surface area contributed by atoms with Gasteiger partial charge < -0.3 is 14.5 Å². The minimum Gasteiger partial charge on any atom is -0.372 e. The first-order valence-corrected chi connectivity index (χ1v) is 10.8. The topological polar surface area (TPSA) is 66.7 Å². The van der Waals surface area contributed by atoms with Gasteiger partial charge in [-0.3, -0.25) is 9.69 Å². The van der Waals surface area contributed by atoms with E-state index in [4.69, 9.17) is 9.84 Å². The van der Waals surface area contributed by atoms with Gasteiger partial charge in [0.2, 0.25) is 5.91 Å². The first-order valence-electron chi connectivity index (χ1n) is 10.8. The molecule has 4 rings (SSSR count). The number of ether oxygens (including phenoxy) is 1. The second-order valence-electron chi connectivity index (χ2n) is 8.44. The minimum atomic E-state index is 0.108. The molecule has 0 N–H and O–H groups in total. The lowest BCUT2D eigenvalue weighted by atomic mass is 10.2. The fourth-order valence-corrected chi connectivity index (χ4v) is 4.60. The third-order valence-electron chi connectivity index (χ3n) is 5.94. The number of carbonyl (C=O) groups is 1. The summed E-state index contributed by atoms with van der Waals surface area (Å²) in [4.78, 5) is 23.8. The Balaban J connectivity index is 1.37. The molecule has 0 aromatic carbocycles. The van der Waals surface area contributed by atoms with Crippen LogP contribution in [0.5, 0.6) is 0 Å². The standard InChI is InChI=1S/C22H32N6O2/c1-16-13-27(14-17(2)30-16)21(29)15-25-9-11-26(12-10-25)22-18(3)24-28(19(22)4)20-7-5-6-8-23-20/h5-8,16-17H,9-15H2,1-4H3. The molecule has 2 fully saturated rings. The van der Waals surface area contributed by atoms with Crippen LogP contribution in [0.25, 0.3) is 5.82 Å². The van der Waals surface area contributed by atoms with Gasteiger partial charge in [-0.25, -0.2) is 9.67 Å². The minimum absolute atomic E-state index is 0.108. The summed E-state index contributed by atoms with van der Waals surface area (Å²) in [6.45, 7) is 13.6. The number of amides is 1. The Morgan fingerprint density at radius 2 is 1.80 bits per heavy atom. The van der Waals surface area contributed by atoms with Gasteiger partial charge in [0.25, 0.3) is 0 Å². The number of rotatable bonds is 4. The third kappa shape index (κ3) is 4.34. The van der Waals surface area contributed by atoms with Crippen molar-refractivity contribution in [3.63, 3.8) is 0 Å². The van der Waals surface area contributed by atoms with Crippen molar-refractivity contribution in [1.82, 2.24) is 24.6 Å². The predicted octanol–water partition coefficient (Wildman–Crippen LogP) is 1.64. The van der Waals surface area contributed by atoms with Crippen molar-refractivity contribution in [2.24, 2.45) is 0 Å². The Kier molecular flexibility index (Phi) is 6.06. The Bertz CT molecular complexity index is 865. The molecule has 2 aromatic heterocycles. The summed E-state index contributed by atoms with van der Waals surface area (Å²) in [6.07, 6.45) is 2.00. The lowest BCUT2D eigenvalue weighted by Gasteiger charge is -2.39. The molecule has 30 heavy (non-hydrogen) atoms. The second-order valence-corrected chi connectivity index (χ2v) is 8.44. The average Bonchev–Trinajstić information content (AvgIpc) is 3.03. The van der Waals surface area contributed by atoms with Gasteiger partial charge in [0.15, 0.2) is 5.82 Å². The van der Waals surface area contributed by atoms with Gasteiger partial charge in [0.05, 0.1) is 35.8 Å². The molecule has 0 bridgehead atoms. The second kappa shape index (κ2) is 8.73. The first kappa shape index (κ1) is 20.8. The number of aryl methyl sites for hydroxylation is 1. The van der Waals surface area contributed by atoms with Crippen LogP contribution in [0.1, 0.15) is 25.2 Å². The fourth-order valence-electron chi connectivity index (χ4n) is 4.60. The zero-order valence-electron chi connectivity index (χ0n) is 18.4. The van der Waals surface area contributed by atoms with E-state index in [1.807, 2.05) is 41.6 Å². The van der Waals surface area contributed by atoms with E-state index in [2.05, 4.69) is 28.6 Å². The third-order valence-corrected chi connectivity index (χ3v) is 5.94. The molecule has 2 aromatic rings. The molecule has 162 valence electrons. The number of hydrogen-bond acceptors (Lipinski definition) is 6. The van der Waals surface area contributed by atoms with Crippen molar-refractivity contribution in [2.45, 2.75) is 39.9 Å². The van der Waals surface area contributed by atoms with Crippen molar-refractivity contribution in [3.05, 3.63) is 35.8 Å². The molecule has 8 heteroatoms. The van der Waals surface area contributed by atoms with Crippen molar-refractivity contribution in [2.75, 3.05) is 50.7 Å². The van der Waals surface area contributed by atoms with Gasteiger partial charge in [-0.2, -0.15) is 5.10 Å². The summed E-state index contributed by atoms with van der Waals surface area (Å²) < 4.78 is 7.67. The van der Waals surface area contributed by atoms with Gasteiger partial charge in [-0.05, 0) is 39.8 Å². The Hall–Kier alpha value is -2.45. The summed E-state index contributed by atoms with van der Waals surface area (Å²) in [5.41, 5.74) is 3.30. The van der Waals surface area contributed by atoms with E-state index < -0.39 is 0 Å². The van der Waals surface area contributed by atoms with Gasteiger partial charge >= 0.3 is 0 Å². The predicted molar refractivity (Wildman–Crippen MR) is 116 cm³/mol. The highest BCUT2D eigenvalue weighted by molar-refractivity contribution is 5.78. The average molecular weight is 413 g/mol. The number of hydrogen-bond donors (Lipinski definition) is 0. The van der Waals surface area contributed by atoms with Gasteiger partial charge in [0, 0.05) is 45.5 Å². The van der Waals surface area contributed by atoms with Gasteiger partial charge in [0.1, 0.15) is 0 Å². The van der Waals surface area contributed by atoms with Crippen molar-refractivity contribution < 1.29 is 9.53 Å². The lowest BCUT2D eigenvalue weighted by molar-refractivity contribution is -0.144. The highest BCUT2D eigenvalue weighted by Crippen LogP contribution is 2.27. The Morgan fingerprint density at radius 1 is 1.10 bits per heavy atom. The molecule has 1 amide bonds. The number of piperazine rings is 1. The van der Waals surface area contributed by atoms with Crippen LogP contribution in [0, 0.1) is 13.8 Å². The van der Waals surface area contributed by atoms with E-state index in [1.54, 1.807) is 6.20 Å². The van der Waals surface area contributed by atoms with Crippen LogP contribution in [-0.2, 0) is 9.53 Å². The molecule has 2 aliphatic rings. The zero-order chi connectivity index (χ0) is 21.3. The fraction of sp³-hybridized carbons (Fsp3) is 0.591. The molecule has 0 spiro atoms. The van der Waals surface area contributed by atoms with Crippen LogP contribution in [0.2, 0.25) is 0 Å². The van der Waals surface area contributed by atoms with Crippen LogP contribution < -0.4 is 4.90 Å². The van der Waals surface area contributed by atoms with Crippen LogP contribution in [0.4, 0.5) is 5.69 Å². The van der Waals surface area contributed by atoms with Crippen molar-refractivity contribution >= 4 is 11.6 Å². The summed E-state index contributed by atoms with van der Waals surface area (Å²) in [5.74, 6) is 1.04. The largest absolute Gasteiger partial charge is 0.372 e. The highest BCUT2D eigenvalue weighted by Gasteiger charge is 2.29. The van der Waals surface area contributed by atoms with Crippen LogP contribution >= 0.6 is 0 Å². The lowest BCUT2D eigenvalue weighted by Crippen LogP contribution is -2.54. The SMILES string of the molecule is Cc1nn(-c2ccccn2)c(C)c1N1CCN(CC(=O)N2CC(C)OC(C)C2)CC1. The highest BCUT2D eigenvalue weighted by atomic mass is 16.5. The number of nitrogens with zero attached hydrogens (tertiary/aromatic N) is 6. The molecule has 0 aliphatic carbocycles. The maximum atomic E-state index is 12.8. The van der Waals surface area contributed by atoms with Crippen LogP contribution in [0.3, 0.4) is 0 Å². The molecule has 2 aliphatic heterocycles. The maximum Gasteiger partial charge on any atom is 0.236 e. The van der Waals surface area contributed by atoms with E-state index in [9.17, 15) is 4.79 Å². The molecule has 0 saturated carbocycles. The molecule has 2 saturated heterocycles. The van der Waals surface area contributed by atoms with Crippen molar-refractivity contribution in [1.29, 1.82) is 0 Å². The van der Waals surface area contributed by atoms with Crippen molar-refractivity contribution in [3.8, 4) is 5.82 Å². The quantitative estimate of drug-likeness (QED) is 0.761. The normalized spacial score (nSPS) is 23.1. The summed E-state index contributed by atoms with van der Waals surface area (Å²) in [7, 11) is 0. The Morgan fingerprint density at radius 3 is 2.43 bits per heavy atom. The summed E-state index contributed by atoms with van der Waals surface area (Å²) in [6, 6.07) is 5.86. The molecule has 4 heterocycles. The van der Waals surface area contributed by atoms with Gasteiger partial charge in [-0.15, -0.1) is 0 Å². The van der Waals surface area contributed by atoms with E-state index in [1.165, 1.54) is 5.69 Å². The number of carbonyl (C=O) groups excluding carboxylic acids is 1. The number of pyridine rings is 1. The summed E-state index contributed by atoms with van der Waals surface area (Å²) in [5, 5.41) is 4.72. The Labute approximate surface area is 178 Å². The molecule has 2 atom stereocenters. The molecule has 2 unspecified atom stereocenters. The van der Waals surface area contributed by atoms with E-state index >= 15 is 0 Å². The molecule has 0 radical (unpaired) electrons. The molecular formula is C22H32N6O2. The maximum absolute atomic E-state index is 12.8. The number of morpholine rings is 1. The van der Waals surface area contributed by atoms with Crippen LogP contribution in [0.15, 0.2) is 24.4 Å². The summed E-state index contributed by atoms with van der Waals surface area (Å²) >= 11 is 0. The van der Waals surface area contributed by atoms with E-state index in [-0.39, 0.29) is 18.1 Å². The smallest absolute Gasteiger partial charge is 0.236 e. The van der Waals surface area contributed by atoms with Gasteiger partial charge in [-0.1, -0.05) is 6.07 Å². The van der Waals surface area contributed by atoms with Crippen LogP contribution in [-0.4, -0.2) is 88.5 Å². The number of aromatic nitrogens is 3. The monoisotopic (exact) mass is 412 g/mol. The van der Waals surface area contributed by atoms with E-state index in [0.717, 1.165) is 43.4 Å². The molecular weight excluding hydrogens is 380 g/mol. The zero-order valence-corrected chi connectivity index (χ0v) is 18.4.